The maximum atomic E-state index is 4.61. The Labute approximate surface area is 121 Å². The van der Waals surface area contributed by atoms with Gasteiger partial charge in [0.2, 0.25) is 0 Å². The Hall–Kier alpha value is -1.12. The molecule has 4 aliphatic rings. The molecule has 1 N–H and O–H groups in total. The number of hydrogen-bond donors (Lipinski definition) is 1. The predicted octanol–water partition coefficient (Wildman–Crippen LogP) is 3.77. The molecule has 0 spiro atoms. The van der Waals surface area contributed by atoms with E-state index in [0.29, 0.717) is 5.41 Å². The van der Waals surface area contributed by atoms with Gasteiger partial charge in [-0.05, 0) is 74.8 Å². The van der Waals surface area contributed by atoms with Crippen LogP contribution in [0.3, 0.4) is 0 Å². The Bertz CT molecular complexity index is 444. The fraction of sp³-hybridized carbons (Fsp3) is 0.765. The maximum absolute atomic E-state index is 4.61. The van der Waals surface area contributed by atoms with Crippen LogP contribution in [0.5, 0.6) is 0 Å². The summed E-state index contributed by atoms with van der Waals surface area (Å²) in [5.41, 5.74) is 1.66. The number of anilines is 1. The monoisotopic (exact) mass is 271 g/mol. The van der Waals surface area contributed by atoms with Crippen LogP contribution in [0.4, 0.5) is 5.82 Å². The number of nitrogens with one attached hydrogen (secondary N) is 1. The molecule has 4 saturated carbocycles. The summed E-state index contributed by atoms with van der Waals surface area (Å²) < 4.78 is 0. The molecule has 1 heterocycles. The Morgan fingerprint density at radius 1 is 1.05 bits per heavy atom. The van der Waals surface area contributed by atoms with Gasteiger partial charge in [0.25, 0.3) is 0 Å². The number of hydrogen-bond acceptors (Lipinski definition) is 3. The van der Waals surface area contributed by atoms with Gasteiger partial charge < -0.3 is 5.32 Å². The third kappa shape index (κ3) is 2.02. The molecule has 5 rings (SSSR count). The summed E-state index contributed by atoms with van der Waals surface area (Å²) in [4.78, 5) is 0. The lowest BCUT2D eigenvalue weighted by Gasteiger charge is -2.56. The van der Waals surface area contributed by atoms with Crippen LogP contribution >= 0.6 is 0 Å². The van der Waals surface area contributed by atoms with Gasteiger partial charge in [0.15, 0.2) is 0 Å². The van der Waals surface area contributed by atoms with E-state index in [0.717, 1.165) is 36.5 Å². The van der Waals surface area contributed by atoms with Crippen LogP contribution in [-0.2, 0) is 5.41 Å². The maximum Gasteiger partial charge on any atom is 0.148 e. The van der Waals surface area contributed by atoms with Crippen molar-refractivity contribution in [2.45, 2.75) is 57.3 Å². The fourth-order valence-electron chi connectivity index (χ4n) is 5.39. The summed E-state index contributed by atoms with van der Waals surface area (Å²) in [5, 5.41) is 12.3. The van der Waals surface area contributed by atoms with E-state index in [1.165, 1.54) is 44.2 Å². The summed E-state index contributed by atoms with van der Waals surface area (Å²) in [6.45, 7) is 3.15. The molecule has 4 fully saturated rings. The standard InChI is InChI=1S/C17H25N3/c1-2-5-18-16-4-3-15(19-20-16)17-9-12-6-13(10-17)8-14(7-12)11-17/h3-4,12-14H,2,5-11H2,1H3,(H,18,20). The lowest BCUT2D eigenvalue weighted by molar-refractivity contribution is -0.00757. The molecule has 0 saturated heterocycles. The van der Waals surface area contributed by atoms with E-state index < -0.39 is 0 Å². The SMILES string of the molecule is CCCNc1ccc(C23CC4CC(CC(C4)C2)C3)nn1. The molecule has 3 heteroatoms. The molecule has 0 aliphatic heterocycles. The molecule has 4 aliphatic carbocycles. The lowest BCUT2D eigenvalue weighted by Crippen LogP contribution is -2.49. The van der Waals surface area contributed by atoms with E-state index in [1.807, 2.05) is 0 Å². The quantitative estimate of drug-likeness (QED) is 0.906. The van der Waals surface area contributed by atoms with Gasteiger partial charge in [-0.2, -0.15) is 5.10 Å². The average Bonchev–Trinajstić information content (AvgIpc) is 2.44. The summed E-state index contributed by atoms with van der Waals surface area (Å²) >= 11 is 0. The second-order valence-electron chi connectivity index (χ2n) is 7.43. The minimum Gasteiger partial charge on any atom is -0.369 e. The first kappa shape index (κ1) is 12.6. The Balaban J connectivity index is 1.57. The first-order chi connectivity index (χ1) is 9.77. The van der Waals surface area contributed by atoms with E-state index in [9.17, 15) is 0 Å². The van der Waals surface area contributed by atoms with Crippen molar-refractivity contribution >= 4 is 5.82 Å². The first-order valence-electron chi connectivity index (χ1n) is 8.35. The second-order valence-corrected chi connectivity index (χ2v) is 7.43. The zero-order chi connectivity index (χ0) is 13.6. The van der Waals surface area contributed by atoms with Crippen molar-refractivity contribution in [1.82, 2.24) is 10.2 Å². The Kier molecular flexibility index (Phi) is 2.97. The molecule has 20 heavy (non-hydrogen) atoms. The predicted molar refractivity (Wildman–Crippen MR) is 80.7 cm³/mol. The van der Waals surface area contributed by atoms with E-state index in [2.05, 4.69) is 34.6 Å². The summed E-state index contributed by atoms with van der Waals surface area (Å²) in [6.07, 6.45) is 9.70. The van der Waals surface area contributed by atoms with Crippen molar-refractivity contribution < 1.29 is 0 Å². The Morgan fingerprint density at radius 2 is 1.70 bits per heavy atom. The molecule has 3 nitrogen and oxygen atoms in total. The smallest absolute Gasteiger partial charge is 0.148 e. The van der Waals surface area contributed by atoms with Crippen molar-refractivity contribution in [3.05, 3.63) is 17.8 Å². The molecular formula is C17H25N3. The van der Waals surface area contributed by atoms with Gasteiger partial charge in [0.1, 0.15) is 5.82 Å². The zero-order valence-corrected chi connectivity index (χ0v) is 12.4. The summed E-state index contributed by atoms with van der Waals surface area (Å²) in [7, 11) is 0. The molecule has 1 aromatic heterocycles. The molecule has 0 aromatic carbocycles. The molecule has 0 amide bonds. The van der Waals surface area contributed by atoms with Crippen molar-refractivity contribution in [1.29, 1.82) is 0 Å². The van der Waals surface area contributed by atoms with Gasteiger partial charge in [0.05, 0.1) is 5.69 Å². The van der Waals surface area contributed by atoms with Crippen molar-refractivity contribution in [2.24, 2.45) is 17.8 Å². The first-order valence-corrected chi connectivity index (χ1v) is 8.35. The molecule has 108 valence electrons. The number of rotatable bonds is 4. The summed E-state index contributed by atoms with van der Waals surface area (Å²) in [6, 6.07) is 4.38. The minimum absolute atomic E-state index is 0.380. The largest absolute Gasteiger partial charge is 0.369 e. The number of nitrogens with zero attached hydrogens (tertiary/aromatic N) is 2. The van der Waals surface area contributed by atoms with E-state index in [-0.39, 0.29) is 0 Å². The average molecular weight is 271 g/mol. The highest BCUT2D eigenvalue weighted by atomic mass is 15.2. The molecule has 4 bridgehead atoms. The van der Waals surface area contributed by atoms with Crippen LogP contribution in [0, 0.1) is 17.8 Å². The third-order valence-corrected chi connectivity index (χ3v) is 5.80. The van der Waals surface area contributed by atoms with Crippen LogP contribution < -0.4 is 5.32 Å². The molecule has 0 atom stereocenters. The van der Waals surface area contributed by atoms with Crippen LogP contribution in [-0.4, -0.2) is 16.7 Å². The highest BCUT2D eigenvalue weighted by molar-refractivity contribution is 5.35. The second kappa shape index (κ2) is 4.71. The van der Waals surface area contributed by atoms with Crippen LogP contribution in [0.1, 0.15) is 57.6 Å². The lowest BCUT2D eigenvalue weighted by atomic mass is 9.49. The summed E-state index contributed by atoms with van der Waals surface area (Å²) in [5.74, 6) is 3.85. The molecular weight excluding hydrogens is 246 g/mol. The topological polar surface area (TPSA) is 37.8 Å². The van der Waals surface area contributed by atoms with Crippen LogP contribution in [0.15, 0.2) is 12.1 Å². The molecule has 1 aromatic rings. The molecule has 0 radical (unpaired) electrons. The fourth-order valence-corrected chi connectivity index (χ4v) is 5.39. The van der Waals surface area contributed by atoms with Crippen LogP contribution in [0.2, 0.25) is 0 Å². The zero-order valence-electron chi connectivity index (χ0n) is 12.4. The number of aromatic nitrogens is 2. The van der Waals surface area contributed by atoms with E-state index in [4.69, 9.17) is 0 Å². The third-order valence-electron chi connectivity index (χ3n) is 5.80. The Morgan fingerprint density at radius 3 is 2.20 bits per heavy atom. The molecule has 0 unspecified atom stereocenters. The van der Waals surface area contributed by atoms with Gasteiger partial charge in [-0.15, -0.1) is 5.10 Å². The highest BCUT2D eigenvalue weighted by Gasteiger charge is 2.52. The van der Waals surface area contributed by atoms with Gasteiger partial charge in [0, 0.05) is 12.0 Å². The van der Waals surface area contributed by atoms with Gasteiger partial charge in [-0.1, -0.05) is 6.92 Å². The minimum atomic E-state index is 0.380. The van der Waals surface area contributed by atoms with Crippen molar-refractivity contribution in [3.8, 4) is 0 Å². The van der Waals surface area contributed by atoms with E-state index in [1.54, 1.807) is 0 Å². The van der Waals surface area contributed by atoms with Crippen molar-refractivity contribution in [2.75, 3.05) is 11.9 Å². The highest BCUT2D eigenvalue weighted by Crippen LogP contribution is 2.60. The van der Waals surface area contributed by atoms with Gasteiger partial charge >= 0.3 is 0 Å². The van der Waals surface area contributed by atoms with Crippen molar-refractivity contribution in [3.63, 3.8) is 0 Å². The van der Waals surface area contributed by atoms with E-state index >= 15 is 0 Å². The van der Waals surface area contributed by atoms with Gasteiger partial charge in [-0.25, -0.2) is 0 Å². The van der Waals surface area contributed by atoms with Gasteiger partial charge in [-0.3, -0.25) is 0 Å². The van der Waals surface area contributed by atoms with Crippen LogP contribution in [0.25, 0.3) is 0 Å². The normalized spacial score (nSPS) is 38.1.